The lowest BCUT2D eigenvalue weighted by molar-refractivity contribution is -0.410. The minimum Gasteiger partial charge on any atom is -0.338 e. The van der Waals surface area contributed by atoms with Gasteiger partial charge in [0, 0.05) is 7.05 Å². The molecule has 1 amide bonds. The molecule has 2 aromatic rings. The van der Waals surface area contributed by atoms with Gasteiger partial charge in [-0.1, -0.05) is 42.1 Å². The second-order valence-corrected chi connectivity index (χ2v) is 6.43. The SMILES string of the molecule is C[C@H](c1ccccc1)N(C)C(=O)CSc1[nH+]c(N)c(C#N)cc1C#N. The minimum absolute atomic E-state index is 0.0558. The topological polar surface area (TPSA) is 108 Å². The van der Waals surface area contributed by atoms with E-state index >= 15 is 0 Å². The number of nitriles is 2. The predicted octanol–water partition coefficient (Wildman–Crippen LogP) is 2.14. The molecule has 0 aliphatic carbocycles. The minimum atomic E-state index is -0.0680. The molecule has 0 unspecified atom stereocenters. The van der Waals surface area contributed by atoms with Crippen molar-refractivity contribution < 1.29 is 9.78 Å². The Balaban J connectivity index is 2.09. The fraction of sp³-hybridized carbons (Fsp3) is 0.222. The van der Waals surface area contributed by atoms with E-state index in [1.807, 2.05) is 49.4 Å². The van der Waals surface area contributed by atoms with Crippen LogP contribution < -0.4 is 10.7 Å². The maximum Gasteiger partial charge on any atom is 0.289 e. The predicted molar refractivity (Wildman–Crippen MR) is 95.2 cm³/mol. The summed E-state index contributed by atoms with van der Waals surface area (Å²) < 4.78 is 0. The monoisotopic (exact) mass is 352 g/mol. The van der Waals surface area contributed by atoms with Crippen molar-refractivity contribution in [3.63, 3.8) is 0 Å². The molecular formula is C18H18N5OS+. The first kappa shape index (κ1) is 18.3. The van der Waals surface area contributed by atoms with Crippen molar-refractivity contribution >= 4 is 23.5 Å². The number of nitrogen functional groups attached to an aromatic ring is 1. The van der Waals surface area contributed by atoms with Gasteiger partial charge in [0.25, 0.3) is 5.82 Å². The molecule has 0 bridgehead atoms. The zero-order chi connectivity index (χ0) is 18.4. The molecule has 1 aromatic carbocycles. The molecule has 1 heterocycles. The highest BCUT2D eigenvalue weighted by atomic mass is 32.2. The number of nitrogens with one attached hydrogen (secondary N) is 1. The quantitative estimate of drug-likeness (QED) is 0.829. The first-order valence-electron chi connectivity index (χ1n) is 7.57. The number of carbonyl (C=O) groups excluding carboxylic acids is 1. The molecular weight excluding hydrogens is 334 g/mol. The van der Waals surface area contributed by atoms with Gasteiger partial charge >= 0.3 is 0 Å². The van der Waals surface area contributed by atoms with Gasteiger partial charge in [0.15, 0.2) is 5.03 Å². The van der Waals surface area contributed by atoms with E-state index in [1.165, 1.54) is 17.8 Å². The van der Waals surface area contributed by atoms with Crippen LogP contribution in [0.5, 0.6) is 0 Å². The summed E-state index contributed by atoms with van der Waals surface area (Å²) in [6.45, 7) is 1.96. The molecule has 6 nitrogen and oxygen atoms in total. The number of hydrogen-bond donors (Lipinski definition) is 1. The number of carbonyl (C=O) groups is 1. The summed E-state index contributed by atoms with van der Waals surface area (Å²) in [5.41, 5.74) is 7.30. The number of amides is 1. The summed E-state index contributed by atoms with van der Waals surface area (Å²) in [7, 11) is 1.75. The summed E-state index contributed by atoms with van der Waals surface area (Å²) in [6.07, 6.45) is 0. The number of hydrogen-bond acceptors (Lipinski definition) is 5. The number of aromatic amines is 1. The van der Waals surface area contributed by atoms with Crippen molar-refractivity contribution in [1.29, 1.82) is 10.5 Å². The molecule has 126 valence electrons. The van der Waals surface area contributed by atoms with Crippen LogP contribution in [0.15, 0.2) is 41.4 Å². The molecule has 0 aliphatic heterocycles. The highest BCUT2D eigenvalue weighted by molar-refractivity contribution is 7.99. The molecule has 0 saturated carbocycles. The van der Waals surface area contributed by atoms with Gasteiger partial charge in [-0.25, -0.2) is 4.98 Å². The van der Waals surface area contributed by atoms with Crippen molar-refractivity contribution in [2.75, 3.05) is 18.5 Å². The Bertz CT molecular complexity index is 854. The third kappa shape index (κ3) is 4.28. The molecule has 0 saturated heterocycles. The van der Waals surface area contributed by atoms with Crippen LogP contribution in [0.3, 0.4) is 0 Å². The number of thioether (sulfide) groups is 1. The van der Waals surface area contributed by atoms with Gasteiger partial charge in [-0.15, -0.1) is 0 Å². The number of H-pyrrole nitrogens is 1. The smallest absolute Gasteiger partial charge is 0.289 e. The van der Waals surface area contributed by atoms with Gasteiger partial charge in [-0.3, -0.25) is 10.5 Å². The van der Waals surface area contributed by atoms with Gasteiger partial charge < -0.3 is 4.90 Å². The van der Waals surface area contributed by atoms with Crippen molar-refractivity contribution in [3.05, 3.63) is 53.1 Å². The standard InChI is InChI=1S/C18H17N5OS/c1-12(13-6-4-3-5-7-13)23(2)16(24)11-25-18-15(10-20)8-14(9-19)17(21)22-18/h3-8,12H,11H2,1-2H3,(H2,21,22)/p+1/t12-/m1/s1. The van der Waals surface area contributed by atoms with Gasteiger partial charge in [0.05, 0.1) is 11.8 Å². The third-order valence-corrected chi connectivity index (χ3v) is 4.91. The molecule has 1 atom stereocenters. The number of anilines is 1. The number of aromatic nitrogens is 1. The van der Waals surface area contributed by atoms with Crippen LogP contribution in [0.2, 0.25) is 0 Å². The number of benzene rings is 1. The van der Waals surface area contributed by atoms with E-state index in [-0.39, 0.29) is 29.1 Å². The maximum absolute atomic E-state index is 12.5. The third-order valence-electron chi connectivity index (χ3n) is 3.91. The maximum atomic E-state index is 12.5. The Kier molecular flexibility index (Phi) is 5.99. The number of nitrogens with two attached hydrogens (primary N) is 1. The molecule has 25 heavy (non-hydrogen) atoms. The van der Waals surface area contributed by atoms with E-state index in [1.54, 1.807) is 11.9 Å². The fourth-order valence-electron chi connectivity index (χ4n) is 2.24. The highest BCUT2D eigenvalue weighted by Gasteiger charge is 2.20. The van der Waals surface area contributed by atoms with Crippen LogP contribution in [0.1, 0.15) is 29.7 Å². The average molecular weight is 352 g/mol. The van der Waals surface area contributed by atoms with Crippen LogP contribution in [-0.4, -0.2) is 23.6 Å². The second kappa shape index (κ2) is 8.18. The zero-order valence-electron chi connectivity index (χ0n) is 14.0. The van der Waals surface area contributed by atoms with Crippen molar-refractivity contribution in [1.82, 2.24) is 4.90 Å². The Morgan fingerprint density at radius 3 is 2.52 bits per heavy atom. The van der Waals surface area contributed by atoms with E-state index in [0.29, 0.717) is 10.6 Å². The van der Waals surface area contributed by atoms with Crippen LogP contribution in [-0.2, 0) is 4.79 Å². The van der Waals surface area contributed by atoms with Gasteiger partial charge in [0.1, 0.15) is 23.3 Å². The number of pyridine rings is 1. The summed E-state index contributed by atoms with van der Waals surface area (Å²) in [4.78, 5) is 17.0. The van der Waals surface area contributed by atoms with E-state index in [2.05, 4.69) is 4.98 Å². The van der Waals surface area contributed by atoms with Crippen molar-refractivity contribution in [3.8, 4) is 12.1 Å². The Morgan fingerprint density at radius 1 is 1.28 bits per heavy atom. The highest BCUT2D eigenvalue weighted by Crippen LogP contribution is 2.23. The lowest BCUT2D eigenvalue weighted by Gasteiger charge is -2.25. The van der Waals surface area contributed by atoms with Crippen LogP contribution >= 0.6 is 11.8 Å². The zero-order valence-corrected chi connectivity index (χ0v) is 14.8. The molecule has 0 spiro atoms. The Morgan fingerprint density at radius 2 is 1.92 bits per heavy atom. The normalized spacial score (nSPS) is 11.2. The van der Waals surface area contributed by atoms with Gasteiger partial charge in [-0.2, -0.15) is 10.5 Å². The lowest BCUT2D eigenvalue weighted by atomic mass is 10.1. The Hall–Kier alpha value is -3.03. The molecule has 0 aliphatic rings. The van der Waals surface area contributed by atoms with Gasteiger partial charge in [-0.05, 0) is 18.6 Å². The molecule has 7 heteroatoms. The summed E-state index contributed by atoms with van der Waals surface area (Å²) in [6, 6.07) is 15.1. The molecule has 1 aromatic heterocycles. The largest absolute Gasteiger partial charge is 0.338 e. The first-order chi connectivity index (χ1) is 12.0. The van der Waals surface area contributed by atoms with Crippen LogP contribution in [0.4, 0.5) is 5.82 Å². The van der Waals surface area contributed by atoms with E-state index in [9.17, 15) is 10.1 Å². The second-order valence-electron chi connectivity index (χ2n) is 5.44. The molecule has 2 rings (SSSR count). The lowest BCUT2D eigenvalue weighted by Crippen LogP contribution is -2.31. The number of rotatable bonds is 5. The van der Waals surface area contributed by atoms with Crippen molar-refractivity contribution in [2.45, 2.75) is 18.0 Å². The van der Waals surface area contributed by atoms with Crippen molar-refractivity contribution in [2.24, 2.45) is 0 Å². The summed E-state index contributed by atoms with van der Waals surface area (Å²) >= 11 is 1.20. The van der Waals surface area contributed by atoms with E-state index < -0.39 is 0 Å². The molecule has 0 fully saturated rings. The fourth-order valence-corrected chi connectivity index (χ4v) is 3.15. The first-order valence-corrected chi connectivity index (χ1v) is 8.56. The average Bonchev–Trinajstić information content (AvgIpc) is 2.65. The van der Waals surface area contributed by atoms with E-state index in [4.69, 9.17) is 11.0 Å². The summed E-state index contributed by atoms with van der Waals surface area (Å²) in [5.74, 6) is 0.272. The molecule has 0 radical (unpaired) electrons. The molecule has 3 N–H and O–H groups in total. The summed E-state index contributed by atoms with van der Waals surface area (Å²) in [5, 5.41) is 18.7. The van der Waals surface area contributed by atoms with E-state index in [0.717, 1.165) is 5.56 Å². The van der Waals surface area contributed by atoms with Crippen LogP contribution in [0, 0.1) is 22.7 Å². The number of nitrogens with zero attached hydrogens (tertiary/aromatic N) is 3. The van der Waals surface area contributed by atoms with Crippen LogP contribution in [0.25, 0.3) is 0 Å². The van der Waals surface area contributed by atoms with Gasteiger partial charge in [0.2, 0.25) is 5.91 Å². The Labute approximate surface area is 150 Å².